The van der Waals surface area contributed by atoms with E-state index in [9.17, 15) is 21.6 Å². The van der Waals surface area contributed by atoms with Gasteiger partial charge < -0.3 is 10.1 Å². The standard InChI is InChI=1S/C25H28N4O6S2/c1-18-11-14-29(15-12-18)37(33,34)22-9-10-24(35-2)23(16-22)25(30)27-19-5-7-21(8-6-19)36(31,32)28-20-4-3-13-26-17-20/h3-10,13,16-18,28H,11-12,14-15H2,1-2H3,(H,27,30). The van der Waals surface area contributed by atoms with E-state index in [0.29, 0.717) is 30.4 Å². The average Bonchev–Trinajstić information content (AvgIpc) is 2.89. The van der Waals surface area contributed by atoms with Crippen LogP contribution in [0.5, 0.6) is 5.75 Å². The zero-order valence-electron chi connectivity index (χ0n) is 20.4. The lowest BCUT2D eigenvalue weighted by Gasteiger charge is -2.29. The first-order valence-corrected chi connectivity index (χ1v) is 14.5. The highest BCUT2D eigenvalue weighted by molar-refractivity contribution is 7.92. The summed E-state index contributed by atoms with van der Waals surface area (Å²) >= 11 is 0. The molecule has 0 atom stereocenters. The molecular weight excluding hydrogens is 516 g/mol. The molecule has 12 heteroatoms. The smallest absolute Gasteiger partial charge is 0.261 e. The van der Waals surface area contributed by atoms with Gasteiger partial charge in [-0.1, -0.05) is 6.92 Å². The van der Waals surface area contributed by atoms with Gasteiger partial charge in [-0.3, -0.25) is 14.5 Å². The lowest BCUT2D eigenvalue weighted by Crippen LogP contribution is -2.37. The largest absolute Gasteiger partial charge is 0.496 e. The second-order valence-electron chi connectivity index (χ2n) is 8.77. The van der Waals surface area contributed by atoms with Crippen molar-refractivity contribution >= 4 is 37.3 Å². The van der Waals surface area contributed by atoms with Crippen molar-refractivity contribution in [1.29, 1.82) is 0 Å². The molecule has 37 heavy (non-hydrogen) atoms. The highest BCUT2D eigenvalue weighted by Crippen LogP contribution is 2.28. The molecule has 10 nitrogen and oxygen atoms in total. The normalized spacial score (nSPS) is 15.2. The molecule has 2 aromatic carbocycles. The first-order chi connectivity index (χ1) is 17.6. The maximum atomic E-state index is 13.2. The summed E-state index contributed by atoms with van der Waals surface area (Å²) < 4.78 is 60.7. The number of methoxy groups -OCH3 is 1. The van der Waals surface area contributed by atoms with Crippen molar-refractivity contribution < 1.29 is 26.4 Å². The molecular formula is C25H28N4O6S2. The van der Waals surface area contributed by atoms with Crippen molar-refractivity contribution in [3.05, 3.63) is 72.6 Å². The number of carbonyl (C=O) groups is 1. The Kier molecular flexibility index (Phi) is 7.81. The third-order valence-electron chi connectivity index (χ3n) is 6.13. The van der Waals surface area contributed by atoms with E-state index in [2.05, 4.69) is 21.9 Å². The summed E-state index contributed by atoms with van der Waals surface area (Å²) in [4.78, 5) is 17.0. The molecule has 1 aliphatic rings. The van der Waals surface area contributed by atoms with Crippen molar-refractivity contribution in [1.82, 2.24) is 9.29 Å². The average molecular weight is 545 g/mol. The van der Waals surface area contributed by atoms with Crippen LogP contribution in [0.3, 0.4) is 0 Å². The van der Waals surface area contributed by atoms with Gasteiger partial charge in [-0.2, -0.15) is 4.31 Å². The van der Waals surface area contributed by atoms with Gasteiger partial charge in [-0.25, -0.2) is 16.8 Å². The number of nitrogens with zero attached hydrogens (tertiary/aromatic N) is 2. The molecule has 1 saturated heterocycles. The monoisotopic (exact) mass is 544 g/mol. The van der Waals surface area contributed by atoms with Crippen molar-refractivity contribution in [2.75, 3.05) is 30.2 Å². The number of sulfonamides is 2. The molecule has 2 N–H and O–H groups in total. The number of benzene rings is 2. The van der Waals surface area contributed by atoms with Crippen LogP contribution in [-0.4, -0.2) is 52.2 Å². The van der Waals surface area contributed by atoms with Crippen LogP contribution < -0.4 is 14.8 Å². The van der Waals surface area contributed by atoms with Crippen LogP contribution in [0.1, 0.15) is 30.1 Å². The molecule has 0 radical (unpaired) electrons. The molecule has 1 fully saturated rings. The fourth-order valence-corrected chi connectivity index (χ4v) is 6.49. The van der Waals surface area contributed by atoms with Gasteiger partial charge >= 0.3 is 0 Å². The van der Waals surface area contributed by atoms with Gasteiger partial charge in [0.15, 0.2) is 0 Å². The highest BCUT2D eigenvalue weighted by atomic mass is 32.2. The predicted octanol–water partition coefficient (Wildman–Crippen LogP) is 3.56. The topological polar surface area (TPSA) is 135 Å². The summed E-state index contributed by atoms with van der Waals surface area (Å²) in [6.45, 7) is 2.96. The molecule has 4 rings (SSSR count). The molecule has 0 aliphatic carbocycles. The van der Waals surface area contributed by atoms with Crippen LogP contribution in [0.4, 0.5) is 11.4 Å². The van der Waals surface area contributed by atoms with Gasteiger partial charge in [0.1, 0.15) is 5.75 Å². The number of ether oxygens (including phenoxy) is 1. The van der Waals surface area contributed by atoms with Crippen molar-refractivity contribution in [3.63, 3.8) is 0 Å². The van der Waals surface area contributed by atoms with E-state index in [1.807, 2.05) is 0 Å². The van der Waals surface area contributed by atoms with Crippen LogP contribution in [0.25, 0.3) is 0 Å². The van der Waals surface area contributed by atoms with Crippen LogP contribution in [-0.2, 0) is 20.0 Å². The number of carbonyl (C=O) groups excluding carboxylic acids is 1. The zero-order valence-corrected chi connectivity index (χ0v) is 22.1. The minimum atomic E-state index is -3.85. The number of pyridine rings is 1. The Labute approximate surface area is 216 Å². The van der Waals surface area contributed by atoms with E-state index < -0.39 is 26.0 Å². The van der Waals surface area contributed by atoms with Crippen LogP contribution in [0.2, 0.25) is 0 Å². The molecule has 0 spiro atoms. The maximum Gasteiger partial charge on any atom is 0.261 e. The second kappa shape index (κ2) is 10.9. The van der Waals surface area contributed by atoms with Crippen molar-refractivity contribution in [2.45, 2.75) is 29.6 Å². The van der Waals surface area contributed by atoms with E-state index in [-0.39, 0.29) is 21.1 Å². The molecule has 0 unspecified atom stereocenters. The molecule has 2 heterocycles. The predicted molar refractivity (Wildman–Crippen MR) is 140 cm³/mol. The van der Waals surface area contributed by atoms with Gasteiger partial charge in [0.25, 0.3) is 15.9 Å². The minimum absolute atomic E-state index is 0.00382. The zero-order chi connectivity index (χ0) is 26.6. The van der Waals surface area contributed by atoms with E-state index in [1.165, 1.54) is 66.3 Å². The number of aromatic nitrogens is 1. The molecule has 1 aliphatic heterocycles. The number of hydrogen-bond acceptors (Lipinski definition) is 7. The first kappa shape index (κ1) is 26.6. The minimum Gasteiger partial charge on any atom is -0.496 e. The van der Waals surface area contributed by atoms with E-state index in [1.54, 1.807) is 12.1 Å². The summed E-state index contributed by atoms with van der Waals surface area (Å²) in [5, 5.41) is 2.67. The number of hydrogen-bond donors (Lipinski definition) is 2. The lowest BCUT2D eigenvalue weighted by molar-refractivity contribution is 0.102. The summed E-state index contributed by atoms with van der Waals surface area (Å²) in [6.07, 6.45) is 4.49. The van der Waals surface area contributed by atoms with Crippen molar-refractivity contribution in [2.24, 2.45) is 5.92 Å². The Morgan fingerprint density at radius 1 is 0.973 bits per heavy atom. The van der Waals surface area contributed by atoms with Crippen molar-refractivity contribution in [3.8, 4) is 5.75 Å². The van der Waals surface area contributed by atoms with E-state index >= 15 is 0 Å². The molecule has 0 bridgehead atoms. The van der Waals surface area contributed by atoms with Crippen LogP contribution in [0, 0.1) is 5.92 Å². The SMILES string of the molecule is COc1ccc(S(=O)(=O)N2CCC(C)CC2)cc1C(=O)Nc1ccc(S(=O)(=O)Nc2cccnc2)cc1. The lowest BCUT2D eigenvalue weighted by atomic mass is 10.0. The number of amides is 1. The van der Waals surface area contributed by atoms with Gasteiger partial charge in [-0.15, -0.1) is 0 Å². The fraction of sp³-hybridized carbons (Fsp3) is 0.280. The number of piperidine rings is 1. The van der Waals surface area contributed by atoms with Gasteiger partial charge in [0.2, 0.25) is 10.0 Å². The van der Waals surface area contributed by atoms with Gasteiger partial charge in [-0.05, 0) is 73.4 Å². The number of rotatable bonds is 8. The third kappa shape index (κ3) is 6.09. The number of anilines is 2. The molecule has 0 saturated carbocycles. The van der Waals surface area contributed by atoms with Crippen LogP contribution >= 0.6 is 0 Å². The second-order valence-corrected chi connectivity index (χ2v) is 12.4. The van der Waals surface area contributed by atoms with Gasteiger partial charge in [0, 0.05) is 25.0 Å². The van der Waals surface area contributed by atoms with Gasteiger partial charge in [0.05, 0.1) is 34.3 Å². The Balaban J connectivity index is 1.52. The quantitative estimate of drug-likeness (QED) is 0.443. The third-order valence-corrected chi connectivity index (χ3v) is 9.42. The molecule has 196 valence electrons. The summed E-state index contributed by atoms with van der Waals surface area (Å²) in [7, 11) is -6.23. The fourth-order valence-electron chi connectivity index (χ4n) is 3.95. The summed E-state index contributed by atoms with van der Waals surface area (Å²) in [5.41, 5.74) is 0.690. The van der Waals surface area contributed by atoms with E-state index in [4.69, 9.17) is 4.74 Å². The summed E-state index contributed by atoms with van der Waals surface area (Å²) in [6, 6.07) is 13.0. The molecule has 1 amide bonds. The molecule has 3 aromatic rings. The maximum absolute atomic E-state index is 13.2. The number of nitrogens with one attached hydrogen (secondary N) is 2. The summed E-state index contributed by atoms with van der Waals surface area (Å²) in [5.74, 6) is 0.0880. The Morgan fingerprint density at radius 3 is 2.27 bits per heavy atom. The first-order valence-electron chi connectivity index (χ1n) is 11.6. The van der Waals surface area contributed by atoms with E-state index in [0.717, 1.165) is 12.8 Å². The highest BCUT2D eigenvalue weighted by Gasteiger charge is 2.29. The Morgan fingerprint density at radius 2 is 1.65 bits per heavy atom. The Hall–Kier alpha value is -3.48. The molecule has 1 aromatic heterocycles. The Bertz CT molecular complexity index is 1470. The van der Waals surface area contributed by atoms with Crippen LogP contribution in [0.15, 0.2) is 76.8 Å².